The maximum Gasteiger partial charge on any atom is 0.271 e. The molecule has 0 fully saturated rings. The van der Waals surface area contributed by atoms with Gasteiger partial charge in [0.1, 0.15) is 12.4 Å². The van der Waals surface area contributed by atoms with Gasteiger partial charge < -0.3 is 4.74 Å². The Morgan fingerprint density at radius 1 is 1.00 bits per heavy atom. The summed E-state index contributed by atoms with van der Waals surface area (Å²) < 4.78 is 5.83. The van der Waals surface area contributed by atoms with Crippen LogP contribution in [0.2, 0.25) is 0 Å². The predicted molar refractivity (Wildman–Crippen MR) is 105 cm³/mol. The summed E-state index contributed by atoms with van der Waals surface area (Å²) in [5.41, 5.74) is 4.35. The largest absolute Gasteiger partial charge is 0.488 e. The normalized spacial score (nSPS) is 10.6. The summed E-state index contributed by atoms with van der Waals surface area (Å²) in [7, 11) is 0. The molecule has 1 amide bonds. The number of rotatable bonds is 7. The third-order valence-corrected chi connectivity index (χ3v) is 3.87. The molecule has 0 aliphatic carbocycles. The van der Waals surface area contributed by atoms with E-state index in [1.165, 1.54) is 30.5 Å². The SMILES string of the molecule is O=C(N/N=C\c1ccccc1OCc1ccccc1)c1ccc([N+](=O)[O-])cc1. The molecule has 0 spiro atoms. The van der Waals surface area contributed by atoms with Crippen LogP contribution in [0, 0.1) is 10.1 Å². The van der Waals surface area contributed by atoms with E-state index in [2.05, 4.69) is 10.5 Å². The average Bonchev–Trinajstić information content (AvgIpc) is 2.73. The Kier molecular flexibility index (Phi) is 6.10. The third-order valence-electron chi connectivity index (χ3n) is 3.87. The zero-order valence-corrected chi connectivity index (χ0v) is 14.8. The van der Waals surface area contributed by atoms with Crippen LogP contribution in [0.3, 0.4) is 0 Å². The van der Waals surface area contributed by atoms with E-state index in [9.17, 15) is 14.9 Å². The van der Waals surface area contributed by atoms with Crippen molar-refractivity contribution >= 4 is 17.8 Å². The van der Waals surface area contributed by atoms with Gasteiger partial charge in [0.15, 0.2) is 0 Å². The van der Waals surface area contributed by atoms with Gasteiger partial charge in [-0.15, -0.1) is 0 Å². The summed E-state index contributed by atoms with van der Waals surface area (Å²) in [4.78, 5) is 22.2. The maximum absolute atomic E-state index is 12.1. The number of carbonyl (C=O) groups is 1. The molecule has 0 saturated carbocycles. The molecule has 0 aliphatic heterocycles. The minimum Gasteiger partial charge on any atom is -0.488 e. The first-order chi connectivity index (χ1) is 13.6. The smallest absolute Gasteiger partial charge is 0.271 e. The number of amides is 1. The zero-order chi connectivity index (χ0) is 19.8. The number of benzene rings is 3. The number of nitrogens with zero attached hydrogens (tertiary/aromatic N) is 2. The Balaban J connectivity index is 1.62. The van der Waals surface area contributed by atoms with Crippen molar-refractivity contribution in [2.75, 3.05) is 0 Å². The molecule has 0 bridgehead atoms. The van der Waals surface area contributed by atoms with Crippen LogP contribution in [-0.4, -0.2) is 17.0 Å². The number of ether oxygens (including phenoxy) is 1. The highest BCUT2D eigenvalue weighted by atomic mass is 16.6. The van der Waals surface area contributed by atoms with Gasteiger partial charge in [-0.1, -0.05) is 42.5 Å². The molecule has 0 aromatic heterocycles. The molecule has 0 heterocycles. The minimum absolute atomic E-state index is 0.0791. The Morgan fingerprint density at radius 3 is 2.39 bits per heavy atom. The number of nitro groups is 1. The van der Waals surface area contributed by atoms with Crippen LogP contribution in [0.5, 0.6) is 5.75 Å². The van der Waals surface area contributed by atoms with Crippen LogP contribution in [0.25, 0.3) is 0 Å². The number of para-hydroxylation sites is 1. The first-order valence-corrected chi connectivity index (χ1v) is 8.47. The van der Waals surface area contributed by atoms with Gasteiger partial charge in [-0.2, -0.15) is 5.10 Å². The fourth-order valence-electron chi connectivity index (χ4n) is 2.41. The number of hydrazone groups is 1. The van der Waals surface area contributed by atoms with E-state index in [1.807, 2.05) is 54.6 Å². The van der Waals surface area contributed by atoms with Gasteiger partial charge in [-0.3, -0.25) is 14.9 Å². The van der Waals surface area contributed by atoms with Crippen molar-refractivity contribution in [2.24, 2.45) is 5.10 Å². The van der Waals surface area contributed by atoms with Gasteiger partial charge in [0.25, 0.3) is 11.6 Å². The van der Waals surface area contributed by atoms with E-state index in [1.54, 1.807) is 0 Å². The second kappa shape index (κ2) is 9.09. The Morgan fingerprint density at radius 2 is 1.68 bits per heavy atom. The summed E-state index contributed by atoms with van der Waals surface area (Å²) in [5, 5.41) is 14.6. The van der Waals surface area contributed by atoms with E-state index >= 15 is 0 Å². The van der Waals surface area contributed by atoms with Gasteiger partial charge in [-0.25, -0.2) is 5.43 Å². The molecule has 1 N–H and O–H groups in total. The number of nitro benzene ring substituents is 1. The molecule has 0 aliphatic rings. The van der Waals surface area contributed by atoms with E-state index in [0.717, 1.165) is 5.56 Å². The highest BCUT2D eigenvalue weighted by Crippen LogP contribution is 2.17. The molecular weight excluding hydrogens is 358 g/mol. The Hall–Kier alpha value is -4.00. The van der Waals surface area contributed by atoms with Crippen LogP contribution < -0.4 is 10.2 Å². The van der Waals surface area contributed by atoms with Crippen LogP contribution in [0.1, 0.15) is 21.5 Å². The lowest BCUT2D eigenvalue weighted by atomic mass is 10.2. The second-order valence-electron chi connectivity index (χ2n) is 5.82. The van der Waals surface area contributed by atoms with Gasteiger partial charge in [0.05, 0.1) is 11.1 Å². The van der Waals surface area contributed by atoms with Crippen molar-refractivity contribution in [3.8, 4) is 5.75 Å². The molecule has 7 nitrogen and oxygen atoms in total. The van der Waals surface area contributed by atoms with E-state index in [-0.39, 0.29) is 11.3 Å². The molecular formula is C21H17N3O4. The fourth-order valence-corrected chi connectivity index (χ4v) is 2.41. The van der Waals surface area contributed by atoms with Crippen LogP contribution in [0.15, 0.2) is 84.0 Å². The number of carbonyl (C=O) groups excluding carboxylic acids is 1. The first kappa shape index (κ1) is 18.8. The molecule has 140 valence electrons. The topological polar surface area (TPSA) is 93.8 Å². The van der Waals surface area contributed by atoms with Crippen LogP contribution in [0.4, 0.5) is 5.69 Å². The Bertz CT molecular complexity index is 986. The number of hydrogen-bond donors (Lipinski definition) is 1. The van der Waals surface area contributed by atoms with Crippen molar-refractivity contribution in [1.29, 1.82) is 0 Å². The molecule has 3 aromatic carbocycles. The molecule has 28 heavy (non-hydrogen) atoms. The highest BCUT2D eigenvalue weighted by molar-refractivity contribution is 5.95. The lowest BCUT2D eigenvalue weighted by Crippen LogP contribution is -2.17. The van der Waals surface area contributed by atoms with E-state index in [4.69, 9.17) is 4.74 Å². The van der Waals surface area contributed by atoms with Gasteiger partial charge in [0.2, 0.25) is 0 Å². The quantitative estimate of drug-likeness (QED) is 0.384. The minimum atomic E-state index is -0.522. The van der Waals surface area contributed by atoms with Gasteiger partial charge in [-0.05, 0) is 29.8 Å². The van der Waals surface area contributed by atoms with Crippen molar-refractivity contribution in [3.05, 3.63) is 106 Å². The number of non-ortho nitro benzene ring substituents is 1. The molecule has 3 aromatic rings. The van der Waals surface area contributed by atoms with Crippen molar-refractivity contribution in [2.45, 2.75) is 6.61 Å². The molecule has 3 rings (SSSR count). The summed E-state index contributed by atoms with van der Waals surface area (Å²) in [6.45, 7) is 0.418. The summed E-state index contributed by atoms with van der Waals surface area (Å²) in [6.07, 6.45) is 1.49. The lowest BCUT2D eigenvalue weighted by Gasteiger charge is -2.09. The van der Waals surface area contributed by atoms with Crippen molar-refractivity contribution in [3.63, 3.8) is 0 Å². The standard InChI is InChI=1S/C21H17N3O4/c25-21(17-10-12-19(13-11-17)24(26)27)23-22-14-18-8-4-5-9-20(18)28-15-16-6-2-1-3-7-16/h1-14H,15H2,(H,23,25)/b22-14-. The first-order valence-electron chi connectivity index (χ1n) is 8.47. The molecule has 0 saturated heterocycles. The summed E-state index contributed by atoms with van der Waals surface area (Å²) in [5.74, 6) is 0.175. The average molecular weight is 375 g/mol. The molecule has 7 heteroatoms. The zero-order valence-electron chi connectivity index (χ0n) is 14.8. The summed E-state index contributed by atoms with van der Waals surface area (Å²) in [6, 6.07) is 22.4. The van der Waals surface area contributed by atoms with Gasteiger partial charge in [0, 0.05) is 23.3 Å². The van der Waals surface area contributed by atoms with Crippen LogP contribution in [-0.2, 0) is 6.61 Å². The summed E-state index contributed by atoms with van der Waals surface area (Å²) >= 11 is 0. The maximum atomic E-state index is 12.1. The third kappa shape index (κ3) is 5.01. The highest BCUT2D eigenvalue weighted by Gasteiger charge is 2.08. The van der Waals surface area contributed by atoms with E-state index < -0.39 is 10.8 Å². The monoisotopic (exact) mass is 375 g/mol. The molecule has 0 atom stereocenters. The van der Waals surface area contributed by atoms with Gasteiger partial charge >= 0.3 is 0 Å². The van der Waals surface area contributed by atoms with E-state index in [0.29, 0.717) is 17.9 Å². The molecule has 0 unspecified atom stereocenters. The fraction of sp³-hybridized carbons (Fsp3) is 0.0476. The van der Waals surface area contributed by atoms with Crippen molar-refractivity contribution in [1.82, 2.24) is 5.43 Å². The number of hydrogen-bond acceptors (Lipinski definition) is 5. The predicted octanol–water partition coefficient (Wildman–Crippen LogP) is 3.94. The Labute approximate surface area is 161 Å². The number of nitrogens with one attached hydrogen (secondary N) is 1. The molecule has 0 radical (unpaired) electrons. The lowest BCUT2D eigenvalue weighted by molar-refractivity contribution is -0.384. The van der Waals surface area contributed by atoms with Crippen molar-refractivity contribution < 1.29 is 14.5 Å². The second-order valence-corrected chi connectivity index (χ2v) is 5.82. The van der Waals surface area contributed by atoms with Crippen LogP contribution >= 0.6 is 0 Å².